The molecule has 2 bridgehead atoms. The molecule has 1 heterocycles. The number of carbonyl (C=O) groups is 2. The van der Waals surface area contributed by atoms with Gasteiger partial charge in [-0.25, -0.2) is 4.99 Å². The first-order chi connectivity index (χ1) is 15.7. The smallest absolute Gasteiger partial charge is 0.233 e. The summed E-state index contributed by atoms with van der Waals surface area (Å²) in [6.45, 7) is 4.52. The Morgan fingerprint density at radius 3 is 2.39 bits per heavy atom. The lowest BCUT2D eigenvalue weighted by molar-refractivity contribution is -0.140. The molecule has 2 amide bonds. The summed E-state index contributed by atoms with van der Waals surface area (Å²) in [5.74, 6) is 1.15. The predicted octanol–water partition coefficient (Wildman–Crippen LogP) is 3.71. The van der Waals surface area contributed by atoms with Crippen LogP contribution < -0.4 is 10.6 Å². The van der Waals surface area contributed by atoms with E-state index in [9.17, 15) is 9.59 Å². The number of nitrogens with zero attached hydrogens (tertiary/aromatic N) is 2. The number of benzene rings is 2. The van der Waals surface area contributed by atoms with E-state index in [2.05, 4.69) is 53.1 Å². The van der Waals surface area contributed by atoms with Gasteiger partial charge in [0.2, 0.25) is 11.8 Å². The number of halogens is 1. The minimum absolute atomic E-state index is 0. The zero-order valence-electron chi connectivity index (χ0n) is 18.9. The zero-order valence-corrected chi connectivity index (χ0v) is 21.2. The molecule has 2 aromatic carbocycles. The molecule has 1 saturated heterocycles. The van der Waals surface area contributed by atoms with Crippen LogP contribution in [-0.2, 0) is 16.1 Å². The number of hydrogen-bond acceptors (Lipinski definition) is 3. The monoisotopic (exact) mass is 558 g/mol. The van der Waals surface area contributed by atoms with Gasteiger partial charge in [0.1, 0.15) is 0 Å². The molecule has 7 heteroatoms. The van der Waals surface area contributed by atoms with Gasteiger partial charge >= 0.3 is 0 Å². The highest BCUT2D eigenvalue weighted by Gasteiger charge is 2.58. The highest BCUT2D eigenvalue weighted by Crippen LogP contribution is 2.52. The SMILES string of the molecule is CCNC(=NCc1ccc2ccccc2c1)NCCCN1C(=O)C2C3C=CC(C3)C2C1=O.I. The molecular weight excluding hydrogens is 527 g/mol. The average molecular weight is 558 g/mol. The van der Waals surface area contributed by atoms with Crippen LogP contribution in [0.4, 0.5) is 0 Å². The van der Waals surface area contributed by atoms with Crippen LogP contribution in [0.3, 0.4) is 0 Å². The molecule has 2 N–H and O–H groups in total. The maximum absolute atomic E-state index is 12.8. The minimum Gasteiger partial charge on any atom is -0.357 e. The van der Waals surface area contributed by atoms with Gasteiger partial charge < -0.3 is 10.6 Å². The Bertz CT molecular complexity index is 1070. The van der Waals surface area contributed by atoms with Gasteiger partial charge in [-0.05, 0) is 54.0 Å². The number of guanidine groups is 1. The van der Waals surface area contributed by atoms with Gasteiger partial charge in [-0.3, -0.25) is 14.5 Å². The summed E-state index contributed by atoms with van der Waals surface area (Å²) in [5.41, 5.74) is 1.16. The Hall–Kier alpha value is -2.42. The Morgan fingerprint density at radius 1 is 1.00 bits per heavy atom. The van der Waals surface area contributed by atoms with Crippen LogP contribution in [0.5, 0.6) is 0 Å². The van der Waals surface area contributed by atoms with Crippen molar-refractivity contribution in [3.8, 4) is 0 Å². The summed E-state index contributed by atoms with van der Waals surface area (Å²) in [6, 6.07) is 14.7. The van der Waals surface area contributed by atoms with Crippen molar-refractivity contribution in [3.63, 3.8) is 0 Å². The number of imide groups is 1. The number of allylic oxidation sites excluding steroid dienone is 2. The van der Waals surface area contributed by atoms with Crippen molar-refractivity contribution in [1.82, 2.24) is 15.5 Å². The molecule has 0 radical (unpaired) electrons. The van der Waals surface area contributed by atoms with Crippen molar-refractivity contribution in [3.05, 3.63) is 60.2 Å². The lowest BCUT2D eigenvalue weighted by Gasteiger charge is -2.18. The van der Waals surface area contributed by atoms with Crippen molar-refractivity contribution in [2.75, 3.05) is 19.6 Å². The highest BCUT2D eigenvalue weighted by molar-refractivity contribution is 14.0. The van der Waals surface area contributed by atoms with Crippen LogP contribution in [0.15, 0.2) is 59.6 Å². The van der Waals surface area contributed by atoms with Gasteiger partial charge in [-0.15, -0.1) is 24.0 Å². The topological polar surface area (TPSA) is 73.8 Å². The summed E-state index contributed by atoms with van der Waals surface area (Å²) < 4.78 is 0. The molecule has 0 spiro atoms. The lowest BCUT2D eigenvalue weighted by atomic mass is 9.85. The molecule has 2 aliphatic carbocycles. The molecule has 3 aliphatic rings. The number of likely N-dealkylation sites (tertiary alicyclic amines) is 1. The van der Waals surface area contributed by atoms with Gasteiger partial charge in [0.05, 0.1) is 18.4 Å². The van der Waals surface area contributed by atoms with E-state index in [-0.39, 0.29) is 59.5 Å². The molecule has 6 nitrogen and oxygen atoms in total. The van der Waals surface area contributed by atoms with E-state index >= 15 is 0 Å². The van der Waals surface area contributed by atoms with E-state index < -0.39 is 0 Å². The fourth-order valence-electron chi connectivity index (χ4n) is 5.48. The summed E-state index contributed by atoms with van der Waals surface area (Å²) in [5, 5.41) is 9.05. The Morgan fingerprint density at radius 2 is 1.70 bits per heavy atom. The third kappa shape index (κ3) is 4.65. The number of carbonyl (C=O) groups excluding carboxylic acids is 2. The molecule has 1 aliphatic heterocycles. The molecule has 4 unspecified atom stereocenters. The first-order valence-corrected chi connectivity index (χ1v) is 11.7. The maximum Gasteiger partial charge on any atom is 0.233 e. The van der Waals surface area contributed by atoms with Crippen LogP contribution in [0.25, 0.3) is 10.8 Å². The van der Waals surface area contributed by atoms with Crippen molar-refractivity contribution in [2.24, 2.45) is 28.7 Å². The van der Waals surface area contributed by atoms with Gasteiger partial charge in [0.15, 0.2) is 5.96 Å². The summed E-state index contributed by atoms with van der Waals surface area (Å²) in [4.78, 5) is 31.8. The van der Waals surface area contributed by atoms with E-state index in [1.807, 2.05) is 19.1 Å². The zero-order chi connectivity index (χ0) is 22.1. The fraction of sp³-hybridized carbons (Fsp3) is 0.423. The number of fused-ring (bicyclic) bond motifs is 6. The van der Waals surface area contributed by atoms with Crippen LogP contribution in [0.2, 0.25) is 0 Å². The lowest BCUT2D eigenvalue weighted by Crippen LogP contribution is -2.40. The Labute approximate surface area is 211 Å². The largest absolute Gasteiger partial charge is 0.357 e. The number of aliphatic imine (C=N–C) groups is 1. The van der Waals surface area contributed by atoms with Crippen LogP contribution in [-0.4, -0.2) is 42.3 Å². The van der Waals surface area contributed by atoms with Crippen molar-refractivity contribution in [2.45, 2.75) is 26.3 Å². The molecule has 174 valence electrons. The number of rotatable bonds is 7. The number of hydrogen-bond donors (Lipinski definition) is 2. The average Bonchev–Trinajstić information content (AvgIpc) is 3.49. The molecule has 0 aromatic heterocycles. The molecular formula is C26H31IN4O2. The molecule has 2 fully saturated rings. The van der Waals surface area contributed by atoms with E-state index in [1.165, 1.54) is 15.7 Å². The van der Waals surface area contributed by atoms with Gasteiger partial charge in [0, 0.05) is 19.6 Å². The molecule has 2 aromatic rings. The van der Waals surface area contributed by atoms with Gasteiger partial charge in [-0.1, -0.05) is 48.6 Å². The highest BCUT2D eigenvalue weighted by atomic mass is 127. The van der Waals surface area contributed by atoms with E-state index in [4.69, 9.17) is 4.99 Å². The third-order valence-corrected chi connectivity index (χ3v) is 6.99. The quantitative estimate of drug-likeness (QED) is 0.136. The summed E-state index contributed by atoms with van der Waals surface area (Å²) >= 11 is 0. The third-order valence-electron chi connectivity index (χ3n) is 6.99. The molecule has 1 saturated carbocycles. The standard InChI is InChI=1S/C26H30N4O2.HI/c1-2-27-26(29-16-17-8-9-18-6-3-4-7-19(18)14-17)28-12-5-13-30-24(31)22-20-10-11-21(15-20)23(22)25(30)32;/h3-4,6-11,14,20-23H,2,5,12-13,15-16H2,1H3,(H2,27,28,29);1H. The first-order valence-electron chi connectivity index (χ1n) is 11.7. The van der Waals surface area contributed by atoms with Gasteiger partial charge in [0.25, 0.3) is 0 Å². The van der Waals surface area contributed by atoms with Crippen LogP contribution >= 0.6 is 24.0 Å². The Balaban J connectivity index is 0.00000259. The van der Waals surface area contributed by atoms with E-state index in [0.29, 0.717) is 26.1 Å². The number of amides is 2. The normalized spacial score (nSPS) is 25.5. The molecule has 33 heavy (non-hydrogen) atoms. The fourth-order valence-corrected chi connectivity index (χ4v) is 5.48. The second-order valence-corrected chi connectivity index (χ2v) is 8.98. The summed E-state index contributed by atoms with van der Waals surface area (Å²) in [7, 11) is 0. The number of nitrogens with one attached hydrogen (secondary N) is 2. The first kappa shape index (κ1) is 23.7. The summed E-state index contributed by atoms with van der Waals surface area (Å²) in [6.07, 6.45) is 5.95. The molecule has 5 rings (SSSR count). The predicted molar refractivity (Wildman–Crippen MR) is 141 cm³/mol. The van der Waals surface area contributed by atoms with E-state index in [1.54, 1.807) is 0 Å². The second kappa shape index (κ2) is 10.2. The molecule has 4 atom stereocenters. The maximum atomic E-state index is 12.8. The second-order valence-electron chi connectivity index (χ2n) is 8.98. The van der Waals surface area contributed by atoms with Crippen molar-refractivity contribution >= 4 is 52.5 Å². The van der Waals surface area contributed by atoms with Crippen molar-refractivity contribution in [1.29, 1.82) is 0 Å². The minimum atomic E-state index is -0.105. The van der Waals surface area contributed by atoms with Crippen molar-refractivity contribution < 1.29 is 9.59 Å². The van der Waals surface area contributed by atoms with Crippen LogP contribution in [0, 0.1) is 23.7 Å². The van der Waals surface area contributed by atoms with E-state index in [0.717, 1.165) is 24.5 Å². The Kier molecular flexibility index (Phi) is 7.36. The van der Waals surface area contributed by atoms with Crippen LogP contribution in [0.1, 0.15) is 25.3 Å². The van der Waals surface area contributed by atoms with Gasteiger partial charge in [-0.2, -0.15) is 0 Å².